The molecule has 0 aromatic carbocycles. The molecule has 0 saturated carbocycles. The van der Waals surface area contributed by atoms with Gasteiger partial charge in [-0.05, 0) is 18.6 Å². The third-order valence-electron chi connectivity index (χ3n) is 2.33. The van der Waals surface area contributed by atoms with Gasteiger partial charge in [-0.25, -0.2) is 0 Å². The highest BCUT2D eigenvalue weighted by molar-refractivity contribution is 5.54. The van der Waals surface area contributed by atoms with Crippen LogP contribution in [0.4, 0.5) is 0 Å². The van der Waals surface area contributed by atoms with Crippen molar-refractivity contribution in [2.45, 2.75) is 6.92 Å². The van der Waals surface area contributed by atoms with Crippen molar-refractivity contribution in [1.29, 1.82) is 0 Å². The van der Waals surface area contributed by atoms with Crippen LogP contribution in [0.5, 0.6) is 0 Å². The third kappa shape index (κ3) is 2.74. The van der Waals surface area contributed by atoms with E-state index in [-0.39, 0.29) is 0 Å². The first-order valence-corrected chi connectivity index (χ1v) is 5.16. The zero-order valence-electron chi connectivity index (χ0n) is 9.66. The number of H-pyrrole nitrogens is 1. The Hall–Kier alpha value is -2.02. The number of hydrogen-bond acceptors (Lipinski definition) is 0. The fourth-order valence-electron chi connectivity index (χ4n) is 1.48. The first kappa shape index (κ1) is 12.1. The second-order valence-corrected chi connectivity index (χ2v) is 3.44. The molecule has 0 aliphatic rings. The van der Waals surface area contributed by atoms with Gasteiger partial charge in [0.1, 0.15) is 0 Å². The minimum atomic E-state index is 0.926. The summed E-state index contributed by atoms with van der Waals surface area (Å²) in [5.74, 6) is 0. The van der Waals surface area contributed by atoms with Crippen molar-refractivity contribution in [3.8, 4) is 0 Å². The Balaban J connectivity index is 3.27. The second-order valence-electron chi connectivity index (χ2n) is 3.44. The summed E-state index contributed by atoms with van der Waals surface area (Å²) >= 11 is 0. The molecule has 0 radical (unpaired) electrons. The maximum Gasteiger partial charge on any atom is 0.0420 e. The van der Waals surface area contributed by atoms with Crippen molar-refractivity contribution >= 4 is 18.7 Å². The molecule has 1 aromatic heterocycles. The molecule has 0 unspecified atom stereocenters. The van der Waals surface area contributed by atoms with Gasteiger partial charge in [0.05, 0.1) is 0 Å². The van der Waals surface area contributed by atoms with Crippen LogP contribution in [0.1, 0.15) is 11.3 Å². The van der Waals surface area contributed by atoms with Gasteiger partial charge in [-0.15, -0.1) is 0 Å². The van der Waals surface area contributed by atoms with Crippen LogP contribution in [0.25, 0.3) is 18.7 Å². The van der Waals surface area contributed by atoms with Gasteiger partial charge in [0.2, 0.25) is 0 Å². The van der Waals surface area contributed by atoms with E-state index in [0.717, 1.165) is 16.3 Å². The van der Waals surface area contributed by atoms with Gasteiger partial charge in [0, 0.05) is 16.3 Å². The maximum atomic E-state index is 3.98. The molecule has 16 heavy (non-hydrogen) atoms. The second kappa shape index (κ2) is 5.76. The summed E-state index contributed by atoms with van der Waals surface area (Å²) in [6.07, 6.45) is 13.3. The van der Waals surface area contributed by atoms with E-state index in [0.29, 0.717) is 0 Å². The predicted octanol–water partition coefficient (Wildman–Crippen LogP) is 2.46. The molecule has 0 saturated heterocycles. The van der Waals surface area contributed by atoms with Crippen LogP contribution in [0, 0.1) is 6.92 Å². The van der Waals surface area contributed by atoms with Gasteiger partial charge in [0.25, 0.3) is 0 Å². The summed E-state index contributed by atoms with van der Waals surface area (Å²) in [6.45, 7) is 13.3. The van der Waals surface area contributed by atoms with Gasteiger partial charge >= 0.3 is 0 Å². The molecule has 1 N–H and O–H groups in total. The van der Waals surface area contributed by atoms with Crippen LogP contribution < -0.4 is 10.6 Å². The monoisotopic (exact) mass is 211 g/mol. The lowest BCUT2D eigenvalue weighted by Crippen LogP contribution is -2.21. The van der Waals surface area contributed by atoms with E-state index in [9.17, 15) is 0 Å². The Morgan fingerprint density at radius 3 is 2.38 bits per heavy atom. The highest BCUT2D eigenvalue weighted by atomic mass is 14.7. The van der Waals surface area contributed by atoms with Gasteiger partial charge in [-0.1, -0.05) is 56.2 Å². The lowest BCUT2D eigenvalue weighted by Gasteiger charge is -1.88. The van der Waals surface area contributed by atoms with E-state index in [1.165, 1.54) is 5.56 Å². The minimum Gasteiger partial charge on any atom is -0.355 e. The Morgan fingerprint density at radius 1 is 1.06 bits per heavy atom. The quantitative estimate of drug-likeness (QED) is 0.736. The van der Waals surface area contributed by atoms with Gasteiger partial charge in [-0.2, -0.15) is 0 Å². The summed E-state index contributed by atoms with van der Waals surface area (Å²) < 4.78 is 0. The number of aromatic amines is 1. The number of rotatable bonds is 4. The van der Waals surface area contributed by atoms with Gasteiger partial charge < -0.3 is 4.98 Å². The topological polar surface area (TPSA) is 15.8 Å². The maximum absolute atomic E-state index is 3.98. The van der Waals surface area contributed by atoms with Gasteiger partial charge in [0.15, 0.2) is 0 Å². The average Bonchev–Trinajstić information content (AvgIpc) is 2.54. The van der Waals surface area contributed by atoms with E-state index < -0.39 is 0 Å². The molecule has 0 aliphatic heterocycles. The van der Waals surface area contributed by atoms with Crippen molar-refractivity contribution < 1.29 is 0 Å². The number of allylic oxidation sites excluding steroid dienone is 5. The highest BCUT2D eigenvalue weighted by Crippen LogP contribution is 1.99. The SMILES string of the molecule is C=C/C=C\C=c1\c(C)c(/C=C\C=C)[nH]c1=C. The molecule has 1 aromatic rings. The van der Waals surface area contributed by atoms with Gasteiger partial charge in [-0.3, -0.25) is 0 Å². The number of nitrogens with one attached hydrogen (secondary N) is 1. The summed E-state index contributed by atoms with van der Waals surface area (Å²) in [5, 5.41) is 2.05. The molecule has 0 amide bonds. The summed E-state index contributed by atoms with van der Waals surface area (Å²) in [7, 11) is 0. The zero-order chi connectivity index (χ0) is 12.0. The molecular formula is C15H17N. The van der Waals surface area contributed by atoms with Crippen LogP contribution in [0.15, 0.2) is 43.5 Å². The fraction of sp³-hybridized carbons (Fsp3) is 0.0667. The van der Waals surface area contributed by atoms with Crippen molar-refractivity contribution in [2.75, 3.05) is 0 Å². The predicted molar refractivity (Wildman–Crippen MR) is 73.3 cm³/mol. The minimum absolute atomic E-state index is 0.926. The van der Waals surface area contributed by atoms with Crippen molar-refractivity contribution in [3.05, 3.63) is 65.4 Å². The van der Waals surface area contributed by atoms with E-state index in [4.69, 9.17) is 0 Å². The largest absolute Gasteiger partial charge is 0.355 e. The molecule has 0 aliphatic carbocycles. The van der Waals surface area contributed by atoms with E-state index in [2.05, 4.69) is 31.6 Å². The molecule has 0 fully saturated rings. The van der Waals surface area contributed by atoms with Crippen LogP contribution in [0.2, 0.25) is 0 Å². The van der Waals surface area contributed by atoms with E-state index >= 15 is 0 Å². The molecule has 1 heterocycles. The Kier molecular flexibility index (Phi) is 4.34. The molecular weight excluding hydrogens is 194 g/mol. The Morgan fingerprint density at radius 2 is 1.75 bits per heavy atom. The van der Waals surface area contributed by atoms with E-state index in [1.807, 2.05) is 30.4 Å². The zero-order valence-corrected chi connectivity index (χ0v) is 9.66. The van der Waals surface area contributed by atoms with Crippen LogP contribution >= 0.6 is 0 Å². The molecule has 1 nitrogen and oxygen atoms in total. The first-order valence-electron chi connectivity index (χ1n) is 5.16. The Bertz CT molecular complexity index is 539. The van der Waals surface area contributed by atoms with Crippen LogP contribution in [-0.4, -0.2) is 4.98 Å². The Labute approximate surface area is 96.5 Å². The molecule has 0 spiro atoms. The fourth-order valence-corrected chi connectivity index (χ4v) is 1.48. The molecule has 0 bridgehead atoms. The normalized spacial score (nSPS) is 12.7. The van der Waals surface area contributed by atoms with Crippen LogP contribution in [-0.2, 0) is 0 Å². The number of hydrogen-bond donors (Lipinski definition) is 1. The van der Waals surface area contributed by atoms with E-state index in [1.54, 1.807) is 12.2 Å². The third-order valence-corrected chi connectivity index (χ3v) is 2.33. The highest BCUT2D eigenvalue weighted by Gasteiger charge is 1.98. The molecule has 0 atom stereocenters. The standard InChI is InChI=1S/C15H17N/c1-5-7-9-10-14-12(3)15(11-8-6-2)16-13(14)4/h5-11,16H,1-2,4H2,3H3/b9-7-,11-8-,14-10-. The van der Waals surface area contributed by atoms with Crippen molar-refractivity contribution in [1.82, 2.24) is 4.98 Å². The average molecular weight is 211 g/mol. The van der Waals surface area contributed by atoms with Crippen molar-refractivity contribution in [2.24, 2.45) is 0 Å². The smallest absolute Gasteiger partial charge is 0.0420 e. The molecule has 1 heteroatoms. The van der Waals surface area contributed by atoms with Crippen molar-refractivity contribution in [3.63, 3.8) is 0 Å². The molecule has 82 valence electrons. The van der Waals surface area contributed by atoms with Crippen LogP contribution in [0.3, 0.4) is 0 Å². The lowest BCUT2D eigenvalue weighted by molar-refractivity contribution is 1.29. The first-order chi connectivity index (χ1) is 7.70. The summed E-state index contributed by atoms with van der Waals surface area (Å²) in [4.78, 5) is 3.24. The molecule has 1 rings (SSSR count). The lowest BCUT2D eigenvalue weighted by atomic mass is 10.2. The summed E-state index contributed by atoms with van der Waals surface area (Å²) in [5.41, 5.74) is 2.26. The number of aromatic nitrogens is 1. The summed E-state index contributed by atoms with van der Waals surface area (Å²) in [6, 6.07) is 0.